The molecule has 0 bridgehead atoms. The average molecular weight is 279 g/mol. The number of hydrogen-bond donors (Lipinski definition) is 2. The Balaban J connectivity index is 1.97. The van der Waals surface area contributed by atoms with E-state index in [1.54, 1.807) is 0 Å². The summed E-state index contributed by atoms with van der Waals surface area (Å²) in [5.41, 5.74) is 1.59. The van der Waals surface area contributed by atoms with Crippen LogP contribution in [0.1, 0.15) is 6.42 Å². The third kappa shape index (κ3) is 2.73. The lowest BCUT2D eigenvalue weighted by atomic mass is 10.3. The Morgan fingerprint density at radius 3 is 2.75 bits per heavy atom. The highest BCUT2D eigenvalue weighted by Gasteiger charge is 2.06. The van der Waals surface area contributed by atoms with E-state index in [9.17, 15) is 4.79 Å². The van der Waals surface area contributed by atoms with E-state index in [2.05, 4.69) is 26.6 Å². The first-order valence-corrected chi connectivity index (χ1v) is 5.74. The molecule has 16 heavy (non-hydrogen) atoms. The molecule has 1 aliphatic rings. The maximum absolute atomic E-state index is 11.6. The predicted octanol–water partition coefficient (Wildman–Crippen LogP) is 3.41. The molecule has 2 N–H and O–H groups in total. The largest absolute Gasteiger partial charge is 0.323 e. The minimum atomic E-state index is -0.232. The number of benzene rings is 1. The van der Waals surface area contributed by atoms with Gasteiger partial charge < -0.3 is 10.6 Å². The van der Waals surface area contributed by atoms with Gasteiger partial charge in [0, 0.05) is 10.2 Å². The molecule has 0 fully saturated rings. The minimum absolute atomic E-state index is 0.232. The van der Waals surface area contributed by atoms with Crippen molar-refractivity contribution in [2.75, 3.05) is 5.32 Å². The molecule has 1 aromatic rings. The molecule has 82 valence electrons. The minimum Gasteiger partial charge on any atom is -0.308 e. The highest BCUT2D eigenvalue weighted by Crippen LogP contribution is 2.21. The standard InChI is InChI=1S/C12H11BrN2O/c13-10-7-3-4-8-11(10)15-12(16)14-9-5-1-2-6-9/h1,3-8H,2H2,(H2,14,15,16). The Morgan fingerprint density at radius 1 is 1.25 bits per heavy atom. The molecule has 0 radical (unpaired) electrons. The van der Waals surface area contributed by atoms with Crippen LogP contribution in [0.2, 0.25) is 0 Å². The first-order valence-electron chi connectivity index (χ1n) is 4.95. The van der Waals surface area contributed by atoms with Crippen molar-refractivity contribution in [2.24, 2.45) is 0 Å². The zero-order valence-corrected chi connectivity index (χ0v) is 10.1. The monoisotopic (exact) mass is 278 g/mol. The molecule has 0 heterocycles. The summed E-state index contributed by atoms with van der Waals surface area (Å²) in [5, 5.41) is 5.52. The van der Waals surface area contributed by atoms with E-state index in [-0.39, 0.29) is 6.03 Å². The lowest BCUT2D eigenvalue weighted by Crippen LogP contribution is -2.27. The van der Waals surface area contributed by atoms with Gasteiger partial charge in [-0.25, -0.2) is 4.79 Å². The van der Waals surface area contributed by atoms with Crippen LogP contribution >= 0.6 is 15.9 Å². The van der Waals surface area contributed by atoms with Crippen LogP contribution in [0.25, 0.3) is 0 Å². The number of hydrogen-bond acceptors (Lipinski definition) is 1. The molecule has 0 unspecified atom stereocenters. The maximum atomic E-state index is 11.6. The van der Waals surface area contributed by atoms with Crippen molar-refractivity contribution >= 4 is 27.6 Å². The molecule has 0 aliphatic heterocycles. The molecule has 0 atom stereocenters. The van der Waals surface area contributed by atoms with Gasteiger partial charge in [-0.05, 0) is 40.6 Å². The molecular weight excluding hydrogens is 268 g/mol. The molecule has 0 saturated carbocycles. The third-order valence-corrected chi connectivity index (χ3v) is 2.84. The van der Waals surface area contributed by atoms with Gasteiger partial charge in [-0.15, -0.1) is 0 Å². The molecule has 1 aromatic carbocycles. The fourth-order valence-corrected chi connectivity index (χ4v) is 1.78. The van der Waals surface area contributed by atoms with E-state index in [1.807, 2.05) is 42.5 Å². The van der Waals surface area contributed by atoms with Crippen molar-refractivity contribution < 1.29 is 4.79 Å². The van der Waals surface area contributed by atoms with E-state index in [0.29, 0.717) is 0 Å². The van der Waals surface area contributed by atoms with Crippen molar-refractivity contribution in [3.63, 3.8) is 0 Å². The molecular formula is C12H11BrN2O. The summed E-state index contributed by atoms with van der Waals surface area (Å²) in [6.07, 6.45) is 6.72. The van der Waals surface area contributed by atoms with Gasteiger partial charge in [0.15, 0.2) is 0 Å². The third-order valence-electron chi connectivity index (χ3n) is 2.15. The Labute approximate surface area is 102 Å². The lowest BCUT2D eigenvalue weighted by Gasteiger charge is -2.08. The van der Waals surface area contributed by atoms with Crippen molar-refractivity contribution in [2.45, 2.75) is 6.42 Å². The maximum Gasteiger partial charge on any atom is 0.323 e. The topological polar surface area (TPSA) is 41.1 Å². The van der Waals surface area contributed by atoms with E-state index < -0.39 is 0 Å². The van der Waals surface area contributed by atoms with E-state index in [4.69, 9.17) is 0 Å². The summed E-state index contributed by atoms with van der Waals surface area (Å²) >= 11 is 3.37. The van der Waals surface area contributed by atoms with Crippen LogP contribution in [-0.2, 0) is 0 Å². The Kier molecular flexibility index (Phi) is 3.41. The van der Waals surface area contributed by atoms with Gasteiger partial charge in [0.05, 0.1) is 5.69 Å². The van der Waals surface area contributed by atoms with Gasteiger partial charge in [0.1, 0.15) is 0 Å². The van der Waals surface area contributed by atoms with Gasteiger partial charge in [0.2, 0.25) is 0 Å². The predicted molar refractivity (Wildman–Crippen MR) is 68.1 cm³/mol. The van der Waals surface area contributed by atoms with E-state index in [1.165, 1.54) is 0 Å². The van der Waals surface area contributed by atoms with Gasteiger partial charge in [-0.2, -0.15) is 0 Å². The SMILES string of the molecule is O=C(NC1=CCC=C1)Nc1ccccc1Br. The van der Waals surface area contributed by atoms with E-state index >= 15 is 0 Å². The smallest absolute Gasteiger partial charge is 0.308 e. The molecule has 0 spiro atoms. The second kappa shape index (κ2) is 4.99. The van der Waals surface area contributed by atoms with Crippen LogP contribution in [0, 0.1) is 0 Å². The Bertz CT molecular complexity index is 466. The summed E-state index contributed by atoms with van der Waals surface area (Å²) in [4.78, 5) is 11.6. The van der Waals surface area contributed by atoms with Crippen molar-refractivity contribution in [1.82, 2.24) is 5.32 Å². The molecule has 2 amide bonds. The van der Waals surface area contributed by atoms with Gasteiger partial charge >= 0.3 is 6.03 Å². The second-order valence-electron chi connectivity index (χ2n) is 3.36. The van der Waals surface area contributed by atoms with Crippen LogP contribution in [-0.4, -0.2) is 6.03 Å². The number of rotatable bonds is 2. The summed E-state index contributed by atoms with van der Waals surface area (Å²) in [6, 6.07) is 7.25. The summed E-state index contributed by atoms with van der Waals surface area (Å²) < 4.78 is 0.862. The number of amides is 2. The second-order valence-corrected chi connectivity index (χ2v) is 4.21. The van der Waals surface area contributed by atoms with Crippen LogP contribution in [0.3, 0.4) is 0 Å². The molecule has 2 rings (SSSR count). The lowest BCUT2D eigenvalue weighted by molar-refractivity contribution is 0.254. The molecule has 4 heteroatoms. The number of anilines is 1. The van der Waals surface area contributed by atoms with Crippen LogP contribution in [0.15, 0.2) is 52.7 Å². The molecule has 0 aromatic heterocycles. The number of urea groups is 1. The highest BCUT2D eigenvalue weighted by atomic mass is 79.9. The number of nitrogens with one attached hydrogen (secondary N) is 2. The number of carbonyl (C=O) groups is 1. The molecule has 3 nitrogen and oxygen atoms in total. The fourth-order valence-electron chi connectivity index (χ4n) is 1.40. The van der Waals surface area contributed by atoms with Crippen molar-refractivity contribution in [1.29, 1.82) is 0 Å². The normalized spacial score (nSPS) is 13.4. The highest BCUT2D eigenvalue weighted by molar-refractivity contribution is 9.10. The van der Waals surface area contributed by atoms with Crippen molar-refractivity contribution in [3.8, 4) is 0 Å². The number of halogens is 1. The number of carbonyl (C=O) groups excluding carboxylic acids is 1. The van der Waals surface area contributed by atoms with Crippen molar-refractivity contribution in [3.05, 3.63) is 52.7 Å². The van der Waals surface area contributed by atoms with Crippen LogP contribution in [0.5, 0.6) is 0 Å². The number of allylic oxidation sites excluding steroid dienone is 3. The first-order chi connectivity index (χ1) is 7.75. The van der Waals surface area contributed by atoms with Gasteiger partial charge in [-0.3, -0.25) is 0 Å². The summed E-state index contributed by atoms with van der Waals surface area (Å²) in [5.74, 6) is 0. The van der Waals surface area contributed by atoms with Gasteiger partial charge in [0.25, 0.3) is 0 Å². The molecule has 0 saturated heterocycles. The zero-order valence-electron chi connectivity index (χ0n) is 8.53. The molecule has 1 aliphatic carbocycles. The van der Waals surface area contributed by atoms with Gasteiger partial charge in [-0.1, -0.05) is 24.3 Å². The Morgan fingerprint density at radius 2 is 2.06 bits per heavy atom. The number of para-hydroxylation sites is 1. The summed E-state index contributed by atoms with van der Waals surface area (Å²) in [7, 11) is 0. The average Bonchev–Trinajstić information content (AvgIpc) is 2.74. The first kappa shape index (κ1) is 11.0. The quantitative estimate of drug-likeness (QED) is 0.855. The summed E-state index contributed by atoms with van der Waals surface area (Å²) in [6.45, 7) is 0. The fraction of sp³-hybridized carbons (Fsp3) is 0.0833. The zero-order chi connectivity index (χ0) is 11.4. The van der Waals surface area contributed by atoms with Crippen LogP contribution < -0.4 is 10.6 Å². The van der Waals surface area contributed by atoms with E-state index in [0.717, 1.165) is 22.3 Å². The Hall–Kier alpha value is -1.55. The van der Waals surface area contributed by atoms with Crippen LogP contribution in [0.4, 0.5) is 10.5 Å².